The summed E-state index contributed by atoms with van der Waals surface area (Å²) < 4.78 is 5.58. The summed E-state index contributed by atoms with van der Waals surface area (Å²) in [6.45, 7) is 3.19. The second kappa shape index (κ2) is 6.09. The highest BCUT2D eigenvalue weighted by Gasteiger charge is 2.25. The lowest BCUT2D eigenvalue weighted by atomic mass is 9.90. The van der Waals surface area contributed by atoms with Crippen LogP contribution in [0.5, 0.6) is 0 Å². The van der Waals surface area contributed by atoms with E-state index < -0.39 is 0 Å². The van der Waals surface area contributed by atoms with Crippen molar-refractivity contribution in [1.82, 2.24) is 5.32 Å². The van der Waals surface area contributed by atoms with Crippen molar-refractivity contribution in [3.05, 3.63) is 24.2 Å². The van der Waals surface area contributed by atoms with Crippen molar-refractivity contribution < 1.29 is 4.42 Å². The molecule has 16 heavy (non-hydrogen) atoms. The van der Waals surface area contributed by atoms with E-state index in [1.165, 1.54) is 38.5 Å². The first-order chi connectivity index (χ1) is 7.92. The molecule has 0 saturated heterocycles. The molecule has 1 aromatic rings. The molecule has 90 valence electrons. The Morgan fingerprint density at radius 1 is 1.31 bits per heavy atom. The van der Waals surface area contributed by atoms with E-state index in [4.69, 9.17) is 4.42 Å². The fourth-order valence-electron chi connectivity index (χ4n) is 2.83. The van der Waals surface area contributed by atoms with Crippen LogP contribution in [-0.2, 0) is 0 Å². The Labute approximate surface area is 98.4 Å². The van der Waals surface area contributed by atoms with Crippen molar-refractivity contribution >= 4 is 0 Å². The number of furan rings is 1. The first-order valence-electron chi connectivity index (χ1n) is 6.68. The van der Waals surface area contributed by atoms with Gasteiger partial charge < -0.3 is 9.73 Å². The van der Waals surface area contributed by atoms with Gasteiger partial charge >= 0.3 is 0 Å². The van der Waals surface area contributed by atoms with Crippen LogP contribution in [-0.4, -0.2) is 6.54 Å². The minimum Gasteiger partial charge on any atom is -0.468 e. The Kier molecular flexibility index (Phi) is 4.46. The highest BCUT2D eigenvalue weighted by molar-refractivity contribution is 5.06. The molecule has 2 nitrogen and oxygen atoms in total. The number of hydrogen-bond acceptors (Lipinski definition) is 2. The fourth-order valence-corrected chi connectivity index (χ4v) is 2.83. The van der Waals surface area contributed by atoms with Crippen molar-refractivity contribution in [1.29, 1.82) is 0 Å². The first kappa shape index (κ1) is 11.7. The lowest BCUT2D eigenvalue weighted by Gasteiger charge is -2.25. The molecule has 0 aromatic carbocycles. The third-order valence-electron chi connectivity index (χ3n) is 3.64. The molecule has 2 heteroatoms. The van der Waals surface area contributed by atoms with Gasteiger partial charge in [-0.2, -0.15) is 0 Å². The van der Waals surface area contributed by atoms with E-state index >= 15 is 0 Å². The van der Waals surface area contributed by atoms with Crippen LogP contribution >= 0.6 is 0 Å². The molecule has 0 amide bonds. The summed E-state index contributed by atoms with van der Waals surface area (Å²) in [4.78, 5) is 0. The second-order valence-electron chi connectivity index (χ2n) is 4.80. The molecule has 2 rings (SSSR count). The van der Waals surface area contributed by atoms with Gasteiger partial charge in [0, 0.05) is 0 Å². The number of nitrogens with one attached hydrogen (secondary N) is 1. The SMILES string of the molecule is CCNC(c1ccco1)C1CCCCCC1. The maximum absolute atomic E-state index is 5.58. The zero-order chi connectivity index (χ0) is 11.2. The number of rotatable bonds is 4. The summed E-state index contributed by atoms with van der Waals surface area (Å²) in [7, 11) is 0. The van der Waals surface area contributed by atoms with Crippen molar-refractivity contribution in [2.75, 3.05) is 6.54 Å². The van der Waals surface area contributed by atoms with Crippen molar-refractivity contribution in [3.63, 3.8) is 0 Å². The zero-order valence-corrected chi connectivity index (χ0v) is 10.2. The smallest absolute Gasteiger partial charge is 0.120 e. The molecular formula is C14H23NO. The predicted octanol–water partition coefficient (Wildman–Crippen LogP) is 3.90. The maximum atomic E-state index is 5.58. The topological polar surface area (TPSA) is 25.2 Å². The molecule has 1 saturated carbocycles. The molecule has 1 unspecified atom stereocenters. The van der Waals surface area contributed by atoms with Crippen LogP contribution in [0.1, 0.15) is 57.3 Å². The molecule has 1 aliphatic carbocycles. The molecule has 0 radical (unpaired) electrons. The Hall–Kier alpha value is -0.760. The fraction of sp³-hybridized carbons (Fsp3) is 0.714. The summed E-state index contributed by atoms with van der Waals surface area (Å²) in [6, 6.07) is 4.53. The minimum absolute atomic E-state index is 0.429. The summed E-state index contributed by atoms with van der Waals surface area (Å²) in [5.41, 5.74) is 0. The highest BCUT2D eigenvalue weighted by atomic mass is 16.3. The average molecular weight is 221 g/mol. The average Bonchev–Trinajstić information content (AvgIpc) is 2.69. The van der Waals surface area contributed by atoms with E-state index in [-0.39, 0.29) is 0 Å². The highest BCUT2D eigenvalue weighted by Crippen LogP contribution is 2.33. The van der Waals surface area contributed by atoms with Gasteiger partial charge in [0.15, 0.2) is 0 Å². The lowest BCUT2D eigenvalue weighted by molar-refractivity contribution is 0.287. The van der Waals surface area contributed by atoms with Gasteiger partial charge in [0.05, 0.1) is 12.3 Å². The van der Waals surface area contributed by atoms with Crippen molar-refractivity contribution in [3.8, 4) is 0 Å². The third kappa shape index (κ3) is 2.88. The van der Waals surface area contributed by atoms with E-state index in [2.05, 4.69) is 18.3 Å². The van der Waals surface area contributed by atoms with Crippen LogP contribution in [0.4, 0.5) is 0 Å². The van der Waals surface area contributed by atoms with Gasteiger partial charge in [-0.25, -0.2) is 0 Å². The van der Waals surface area contributed by atoms with E-state index in [1.807, 2.05) is 6.07 Å². The maximum Gasteiger partial charge on any atom is 0.120 e. The lowest BCUT2D eigenvalue weighted by Crippen LogP contribution is -2.27. The summed E-state index contributed by atoms with van der Waals surface area (Å²) >= 11 is 0. The van der Waals surface area contributed by atoms with Crippen LogP contribution in [0.15, 0.2) is 22.8 Å². The van der Waals surface area contributed by atoms with Gasteiger partial charge in [-0.1, -0.05) is 32.6 Å². The summed E-state index contributed by atoms with van der Waals surface area (Å²) in [6.07, 6.45) is 10.1. The second-order valence-corrected chi connectivity index (χ2v) is 4.80. The molecule has 1 N–H and O–H groups in total. The molecule has 1 atom stereocenters. The van der Waals surface area contributed by atoms with Crippen LogP contribution in [0.25, 0.3) is 0 Å². The quantitative estimate of drug-likeness (QED) is 0.780. The number of hydrogen-bond donors (Lipinski definition) is 1. The molecule has 1 fully saturated rings. The van der Waals surface area contributed by atoms with Crippen LogP contribution < -0.4 is 5.32 Å². The largest absolute Gasteiger partial charge is 0.468 e. The van der Waals surface area contributed by atoms with Gasteiger partial charge in [-0.3, -0.25) is 0 Å². The summed E-state index contributed by atoms with van der Waals surface area (Å²) in [5.74, 6) is 1.88. The van der Waals surface area contributed by atoms with Gasteiger partial charge in [0.2, 0.25) is 0 Å². The molecule has 1 aliphatic rings. The Morgan fingerprint density at radius 2 is 2.06 bits per heavy atom. The molecule has 0 bridgehead atoms. The van der Waals surface area contributed by atoms with E-state index in [1.54, 1.807) is 6.26 Å². The normalized spacial score (nSPS) is 20.6. The molecular weight excluding hydrogens is 198 g/mol. The molecule has 0 spiro atoms. The van der Waals surface area contributed by atoms with Crippen LogP contribution in [0, 0.1) is 5.92 Å². The van der Waals surface area contributed by atoms with E-state index in [9.17, 15) is 0 Å². The Morgan fingerprint density at radius 3 is 2.62 bits per heavy atom. The first-order valence-corrected chi connectivity index (χ1v) is 6.68. The Balaban J connectivity index is 2.05. The molecule has 1 heterocycles. The minimum atomic E-state index is 0.429. The zero-order valence-electron chi connectivity index (χ0n) is 10.2. The van der Waals surface area contributed by atoms with Gasteiger partial charge in [-0.15, -0.1) is 0 Å². The van der Waals surface area contributed by atoms with Crippen molar-refractivity contribution in [2.45, 2.75) is 51.5 Å². The third-order valence-corrected chi connectivity index (χ3v) is 3.64. The van der Waals surface area contributed by atoms with E-state index in [0.717, 1.165) is 18.2 Å². The van der Waals surface area contributed by atoms with Crippen LogP contribution in [0.2, 0.25) is 0 Å². The van der Waals surface area contributed by atoms with Gasteiger partial charge in [0.25, 0.3) is 0 Å². The summed E-state index contributed by atoms with van der Waals surface area (Å²) in [5, 5.41) is 3.59. The monoisotopic (exact) mass is 221 g/mol. The Bertz CT molecular complexity index is 273. The van der Waals surface area contributed by atoms with E-state index in [0.29, 0.717) is 6.04 Å². The predicted molar refractivity (Wildman–Crippen MR) is 66.3 cm³/mol. The van der Waals surface area contributed by atoms with Crippen molar-refractivity contribution in [2.24, 2.45) is 5.92 Å². The van der Waals surface area contributed by atoms with Crippen LogP contribution in [0.3, 0.4) is 0 Å². The van der Waals surface area contributed by atoms with Gasteiger partial charge in [-0.05, 0) is 37.4 Å². The standard InChI is InChI=1S/C14H23NO/c1-2-15-14(13-10-7-11-16-13)12-8-5-3-4-6-9-12/h7,10-12,14-15H,2-6,8-9H2,1H3. The molecule has 0 aliphatic heterocycles. The molecule has 1 aromatic heterocycles. The van der Waals surface area contributed by atoms with Gasteiger partial charge in [0.1, 0.15) is 5.76 Å².